The lowest BCUT2D eigenvalue weighted by Crippen LogP contribution is -2.54. The first-order valence-corrected chi connectivity index (χ1v) is 10.7. The summed E-state index contributed by atoms with van der Waals surface area (Å²) in [7, 11) is -7.89. The van der Waals surface area contributed by atoms with Crippen molar-refractivity contribution in [1.82, 2.24) is 12.9 Å². The maximum Gasteiger partial charge on any atom is 0.282 e. The van der Waals surface area contributed by atoms with Crippen LogP contribution in [0.4, 0.5) is 8.78 Å². The molecule has 0 amide bonds. The molecule has 0 unspecified atom stereocenters. The Morgan fingerprint density at radius 3 is 2.00 bits per heavy atom. The van der Waals surface area contributed by atoms with Gasteiger partial charge in [-0.15, -0.1) is 0 Å². The van der Waals surface area contributed by atoms with Crippen molar-refractivity contribution in [2.24, 2.45) is 0 Å². The van der Waals surface area contributed by atoms with E-state index in [4.69, 9.17) is 0 Å². The number of sulfonamides is 1. The summed E-state index contributed by atoms with van der Waals surface area (Å²) in [6.07, 6.45) is 0. The molecule has 0 saturated carbocycles. The molecule has 0 bridgehead atoms. The number of hydrogen-bond donors (Lipinski definition) is 0. The van der Waals surface area contributed by atoms with Crippen LogP contribution in [0.15, 0.2) is 23.1 Å². The van der Waals surface area contributed by atoms with Crippen LogP contribution in [0.2, 0.25) is 0 Å². The Bertz CT molecular complexity index is 818. The van der Waals surface area contributed by atoms with E-state index in [1.54, 1.807) is 13.8 Å². The summed E-state index contributed by atoms with van der Waals surface area (Å²) in [4.78, 5) is -0.743. The molecule has 2 rings (SSSR count). The molecule has 0 aromatic heterocycles. The number of hydrogen-bond acceptors (Lipinski definition) is 4. The highest BCUT2D eigenvalue weighted by atomic mass is 32.2. The van der Waals surface area contributed by atoms with E-state index in [1.165, 1.54) is 8.61 Å². The first-order valence-electron chi connectivity index (χ1n) is 7.85. The lowest BCUT2D eigenvalue weighted by Gasteiger charge is -2.35. The van der Waals surface area contributed by atoms with Crippen molar-refractivity contribution in [3.05, 3.63) is 29.8 Å². The van der Waals surface area contributed by atoms with Crippen LogP contribution >= 0.6 is 0 Å². The Balaban J connectivity index is 2.18. The largest absolute Gasteiger partial charge is 0.282 e. The van der Waals surface area contributed by atoms with E-state index in [0.717, 1.165) is 16.4 Å². The average Bonchev–Trinajstić information content (AvgIpc) is 2.58. The molecule has 142 valence electrons. The SMILES string of the molecule is CCN(CC)S(=O)(=O)N1CCN(S(=O)(=O)c2cc(F)ccc2F)CC1. The zero-order valence-corrected chi connectivity index (χ0v) is 15.7. The van der Waals surface area contributed by atoms with Crippen LogP contribution in [0.1, 0.15) is 13.8 Å². The van der Waals surface area contributed by atoms with Gasteiger partial charge in [0.25, 0.3) is 10.2 Å². The predicted octanol–water partition coefficient (Wildman–Crippen LogP) is 0.858. The molecular formula is C14H21F2N3O4S2. The zero-order chi connectivity index (χ0) is 18.8. The van der Waals surface area contributed by atoms with Crippen molar-refractivity contribution in [2.75, 3.05) is 39.3 Å². The van der Waals surface area contributed by atoms with Crippen LogP contribution in [-0.4, -0.2) is 69.0 Å². The fourth-order valence-corrected chi connectivity index (χ4v) is 5.77. The number of benzene rings is 1. The second kappa shape index (κ2) is 7.62. The van der Waals surface area contributed by atoms with E-state index in [9.17, 15) is 25.6 Å². The minimum atomic E-state index is -4.23. The number of piperazine rings is 1. The van der Waals surface area contributed by atoms with Gasteiger partial charge in [0.15, 0.2) is 0 Å². The minimum absolute atomic E-state index is 0.0466. The van der Waals surface area contributed by atoms with Crippen LogP contribution in [-0.2, 0) is 20.2 Å². The van der Waals surface area contributed by atoms with Crippen molar-refractivity contribution < 1.29 is 25.6 Å². The van der Waals surface area contributed by atoms with E-state index >= 15 is 0 Å². The number of halogens is 2. The molecule has 1 heterocycles. The number of rotatable bonds is 6. The summed E-state index contributed by atoms with van der Waals surface area (Å²) < 4.78 is 80.4. The Kier molecular flexibility index (Phi) is 6.15. The normalized spacial score (nSPS) is 18.0. The zero-order valence-electron chi connectivity index (χ0n) is 14.0. The van der Waals surface area contributed by atoms with Gasteiger partial charge < -0.3 is 0 Å². The summed E-state index contributed by atoms with van der Waals surface area (Å²) in [6.45, 7) is 3.71. The van der Waals surface area contributed by atoms with Gasteiger partial charge in [-0.05, 0) is 18.2 Å². The maximum absolute atomic E-state index is 13.8. The Morgan fingerprint density at radius 1 is 0.960 bits per heavy atom. The lowest BCUT2D eigenvalue weighted by molar-refractivity contribution is 0.256. The topological polar surface area (TPSA) is 78.0 Å². The molecule has 7 nitrogen and oxygen atoms in total. The van der Waals surface area contributed by atoms with Crippen LogP contribution < -0.4 is 0 Å². The fourth-order valence-electron chi connectivity index (χ4n) is 2.67. The first kappa shape index (κ1) is 20.2. The molecule has 11 heteroatoms. The van der Waals surface area contributed by atoms with E-state index in [1.807, 2.05) is 0 Å². The molecule has 0 radical (unpaired) electrons. The Hall–Kier alpha value is -1.14. The van der Waals surface area contributed by atoms with Gasteiger partial charge in [0, 0.05) is 39.3 Å². The third-order valence-corrected chi connectivity index (χ3v) is 8.17. The Morgan fingerprint density at radius 2 is 1.48 bits per heavy atom. The summed E-state index contributed by atoms with van der Waals surface area (Å²) in [5.41, 5.74) is 0. The molecule has 1 aromatic carbocycles. The van der Waals surface area contributed by atoms with Crippen LogP contribution in [0, 0.1) is 11.6 Å². The average molecular weight is 397 g/mol. The quantitative estimate of drug-likeness (QED) is 0.713. The van der Waals surface area contributed by atoms with Gasteiger partial charge in [0.1, 0.15) is 16.5 Å². The first-order chi connectivity index (χ1) is 11.6. The molecule has 1 saturated heterocycles. The summed E-state index contributed by atoms with van der Waals surface area (Å²) in [6, 6.07) is 2.22. The van der Waals surface area contributed by atoms with Crippen molar-refractivity contribution >= 4 is 20.2 Å². The third-order valence-electron chi connectivity index (χ3n) is 4.07. The summed E-state index contributed by atoms with van der Waals surface area (Å²) in [5, 5.41) is 0. The minimum Gasteiger partial charge on any atom is -0.207 e. The lowest BCUT2D eigenvalue weighted by atomic mass is 10.3. The van der Waals surface area contributed by atoms with E-state index in [0.29, 0.717) is 19.2 Å². The summed E-state index contributed by atoms with van der Waals surface area (Å²) in [5.74, 6) is -1.90. The molecule has 0 spiro atoms. The molecular weight excluding hydrogens is 376 g/mol. The smallest absolute Gasteiger partial charge is 0.207 e. The predicted molar refractivity (Wildman–Crippen MR) is 88.5 cm³/mol. The van der Waals surface area contributed by atoms with Gasteiger partial charge in [-0.2, -0.15) is 21.3 Å². The van der Waals surface area contributed by atoms with Gasteiger partial charge in [-0.25, -0.2) is 17.2 Å². The van der Waals surface area contributed by atoms with Crippen molar-refractivity contribution in [3.63, 3.8) is 0 Å². The van der Waals surface area contributed by atoms with E-state index in [-0.39, 0.29) is 26.2 Å². The molecule has 1 aromatic rings. The van der Waals surface area contributed by atoms with Gasteiger partial charge in [0.2, 0.25) is 10.0 Å². The van der Waals surface area contributed by atoms with Crippen LogP contribution in [0.25, 0.3) is 0 Å². The van der Waals surface area contributed by atoms with E-state index < -0.39 is 36.8 Å². The standard InChI is InChI=1S/C14H21F2N3O4S2/c1-3-17(4-2)25(22,23)19-9-7-18(8-10-19)24(20,21)14-11-12(15)5-6-13(14)16/h5-6,11H,3-4,7-10H2,1-2H3. The maximum atomic E-state index is 13.8. The second-order valence-corrected chi connectivity index (χ2v) is 9.30. The fraction of sp³-hybridized carbons (Fsp3) is 0.571. The molecule has 25 heavy (non-hydrogen) atoms. The van der Waals surface area contributed by atoms with Crippen molar-refractivity contribution in [3.8, 4) is 0 Å². The van der Waals surface area contributed by atoms with E-state index in [2.05, 4.69) is 0 Å². The summed E-state index contributed by atoms with van der Waals surface area (Å²) >= 11 is 0. The molecule has 0 atom stereocenters. The molecule has 1 aliphatic rings. The Labute approximate surface area is 147 Å². The second-order valence-electron chi connectivity index (χ2n) is 5.47. The highest BCUT2D eigenvalue weighted by molar-refractivity contribution is 7.89. The van der Waals surface area contributed by atoms with Gasteiger partial charge in [-0.1, -0.05) is 13.8 Å². The monoisotopic (exact) mass is 397 g/mol. The highest BCUT2D eigenvalue weighted by Crippen LogP contribution is 2.22. The van der Waals surface area contributed by atoms with Crippen LogP contribution in [0.5, 0.6) is 0 Å². The third kappa shape index (κ3) is 4.00. The molecule has 0 N–H and O–H groups in total. The van der Waals surface area contributed by atoms with Gasteiger partial charge in [-0.3, -0.25) is 0 Å². The highest BCUT2D eigenvalue weighted by Gasteiger charge is 2.36. The van der Waals surface area contributed by atoms with Crippen molar-refractivity contribution in [2.45, 2.75) is 18.7 Å². The number of nitrogens with zero attached hydrogens (tertiary/aromatic N) is 3. The van der Waals surface area contributed by atoms with Crippen molar-refractivity contribution in [1.29, 1.82) is 0 Å². The van der Waals surface area contributed by atoms with Crippen LogP contribution in [0.3, 0.4) is 0 Å². The van der Waals surface area contributed by atoms with Gasteiger partial charge in [0.05, 0.1) is 0 Å². The molecule has 0 aliphatic carbocycles. The van der Waals surface area contributed by atoms with Gasteiger partial charge >= 0.3 is 0 Å². The molecule has 1 fully saturated rings. The molecule has 1 aliphatic heterocycles.